The maximum absolute atomic E-state index is 11.2. The molecule has 0 saturated heterocycles. The number of nitrogens with zero attached hydrogens (tertiary/aromatic N) is 3. The third kappa shape index (κ3) is 4.14. The zero-order valence-corrected chi connectivity index (χ0v) is 12.2. The molecule has 2 rings (SSSR count). The Labute approximate surface area is 123 Å². The minimum Gasteiger partial charge on any atom is -0.473 e. The summed E-state index contributed by atoms with van der Waals surface area (Å²) in [5.74, 6) is 0.228. The zero-order chi connectivity index (χ0) is 15.1. The molecular formula is C14H20N4O3. The minimum absolute atomic E-state index is 0.0110. The summed E-state index contributed by atoms with van der Waals surface area (Å²) in [6, 6.07) is 0. The number of allylic oxidation sites excluding steroid dienone is 1. The molecule has 0 amide bonds. The molecule has 0 unspecified atom stereocenters. The van der Waals surface area contributed by atoms with E-state index in [0.29, 0.717) is 13.2 Å². The molecule has 0 aliphatic heterocycles. The SMILES string of the molecule is CCOc1ncnc(NCCC2=CCCCC2)c1[N+](=O)[O-]. The smallest absolute Gasteiger partial charge is 0.372 e. The van der Waals surface area contributed by atoms with Gasteiger partial charge in [0.15, 0.2) is 0 Å². The Bertz CT molecular complexity index is 531. The zero-order valence-electron chi connectivity index (χ0n) is 12.2. The Morgan fingerprint density at radius 2 is 2.29 bits per heavy atom. The second-order valence-corrected chi connectivity index (χ2v) is 4.85. The van der Waals surface area contributed by atoms with Crippen LogP contribution in [0.1, 0.15) is 39.0 Å². The predicted octanol–water partition coefficient (Wildman–Crippen LogP) is 3.09. The van der Waals surface area contributed by atoms with Crippen LogP contribution in [-0.2, 0) is 0 Å². The maximum atomic E-state index is 11.2. The molecule has 1 aromatic heterocycles. The van der Waals surface area contributed by atoms with Crippen LogP contribution in [0.2, 0.25) is 0 Å². The number of hydrogen-bond donors (Lipinski definition) is 1. The first-order chi connectivity index (χ1) is 10.2. The summed E-state index contributed by atoms with van der Waals surface area (Å²) >= 11 is 0. The van der Waals surface area contributed by atoms with E-state index in [9.17, 15) is 10.1 Å². The number of aromatic nitrogens is 2. The lowest BCUT2D eigenvalue weighted by Crippen LogP contribution is -2.10. The van der Waals surface area contributed by atoms with Crippen LogP contribution in [-0.4, -0.2) is 28.0 Å². The first-order valence-corrected chi connectivity index (χ1v) is 7.26. The van der Waals surface area contributed by atoms with E-state index in [4.69, 9.17) is 4.74 Å². The van der Waals surface area contributed by atoms with Gasteiger partial charge in [0.05, 0.1) is 11.5 Å². The minimum atomic E-state index is -0.507. The molecule has 1 heterocycles. The highest BCUT2D eigenvalue weighted by atomic mass is 16.6. The van der Waals surface area contributed by atoms with Crippen LogP contribution in [0.25, 0.3) is 0 Å². The molecule has 0 radical (unpaired) electrons. The van der Waals surface area contributed by atoms with Gasteiger partial charge in [-0.25, -0.2) is 4.98 Å². The molecule has 1 aliphatic rings. The molecular weight excluding hydrogens is 272 g/mol. The molecule has 114 valence electrons. The van der Waals surface area contributed by atoms with Crippen molar-refractivity contribution in [2.24, 2.45) is 0 Å². The molecule has 0 atom stereocenters. The van der Waals surface area contributed by atoms with E-state index in [-0.39, 0.29) is 17.4 Å². The van der Waals surface area contributed by atoms with Gasteiger partial charge in [0, 0.05) is 6.54 Å². The molecule has 0 aromatic carbocycles. The van der Waals surface area contributed by atoms with Crippen LogP contribution in [0.5, 0.6) is 5.88 Å². The maximum Gasteiger partial charge on any atom is 0.372 e. The summed E-state index contributed by atoms with van der Waals surface area (Å²) in [5, 5.41) is 14.2. The van der Waals surface area contributed by atoms with Gasteiger partial charge in [-0.3, -0.25) is 10.1 Å². The molecule has 21 heavy (non-hydrogen) atoms. The lowest BCUT2D eigenvalue weighted by Gasteiger charge is -2.13. The fourth-order valence-electron chi connectivity index (χ4n) is 2.37. The van der Waals surface area contributed by atoms with Gasteiger partial charge < -0.3 is 10.1 Å². The van der Waals surface area contributed by atoms with E-state index < -0.39 is 4.92 Å². The summed E-state index contributed by atoms with van der Waals surface area (Å²) in [7, 11) is 0. The van der Waals surface area contributed by atoms with E-state index in [2.05, 4.69) is 21.4 Å². The highest BCUT2D eigenvalue weighted by Crippen LogP contribution is 2.30. The van der Waals surface area contributed by atoms with E-state index in [1.165, 1.54) is 24.7 Å². The van der Waals surface area contributed by atoms with Crippen LogP contribution < -0.4 is 10.1 Å². The lowest BCUT2D eigenvalue weighted by atomic mass is 9.97. The highest BCUT2D eigenvalue weighted by molar-refractivity contribution is 5.61. The third-order valence-electron chi connectivity index (χ3n) is 3.38. The van der Waals surface area contributed by atoms with Crippen LogP contribution in [0.15, 0.2) is 18.0 Å². The quantitative estimate of drug-likeness (QED) is 0.472. The molecule has 0 fully saturated rings. The summed E-state index contributed by atoms with van der Waals surface area (Å²) in [6.07, 6.45) is 9.17. The van der Waals surface area contributed by atoms with E-state index in [0.717, 1.165) is 19.3 Å². The normalized spacial score (nSPS) is 14.4. The highest BCUT2D eigenvalue weighted by Gasteiger charge is 2.23. The molecule has 1 aromatic rings. The van der Waals surface area contributed by atoms with Crippen molar-refractivity contribution in [1.82, 2.24) is 9.97 Å². The van der Waals surface area contributed by atoms with Crippen molar-refractivity contribution in [3.63, 3.8) is 0 Å². The number of hydrogen-bond acceptors (Lipinski definition) is 6. The van der Waals surface area contributed by atoms with E-state index >= 15 is 0 Å². The standard InChI is InChI=1S/C14H20N4O3/c1-2-21-14-12(18(19)20)13(16-10-17-14)15-9-8-11-6-4-3-5-7-11/h6,10H,2-5,7-9H2,1H3,(H,15,16,17). The van der Waals surface area contributed by atoms with Gasteiger partial charge in [-0.1, -0.05) is 11.6 Å². The first kappa shape index (κ1) is 15.2. The van der Waals surface area contributed by atoms with Gasteiger partial charge in [0.1, 0.15) is 6.33 Å². The number of nitrogens with one attached hydrogen (secondary N) is 1. The van der Waals surface area contributed by atoms with Gasteiger partial charge in [0.25, 0.3) is 5.88 Å². The molecule has 0 spiro atoms. The lowest BCUT2D eigenvalue weighted by molar-refractivity contribution is -0.385. The van der Waals surface area contributed by atoms with Crippen LogP contribution in [0.4, 0.5) is 11.5 Å². The van der Waals surface area contributed by atoms with Crippen molar-refractivity contribution in [3.05, 3.63) is 28.1 Å². The molecule has 1 aliphatic carbocycles. The number of anilines is 1. The monoisotopic (exact) mass is 292 g/mol. The van der Waals surface area contributed by atoms with Crippen molar-refractivity contribution in [2.45, 2.75) is 39.0 Å². The number of nitro groups is 1. The molecule has 0 saturated carbocycles. The van der Waals surface area contributed by atoms with Crippen molar-refractivity contribution >= 4 is 11.5 Å². The summed E-state index contributed by atoms with van der Waals surface area (Å²) in [4.78, 5) is 18.5. The number of ether oxygens (including phenoxy) is 1. The fourth-order valence-corrected chi connectivity index (χ4v) is 2.37. The van der Waals surface area contributed by atoms with Crippen molar-refractivity contribution in [2.75, 3.05) is 18.5 Å². The average Bonchev–Trinajstić information content (AvgIpc) is 2.48. The summed E-state index contributed by atoms with van der Waals surface area (Å²) in [6.45, 7) is 2.70. The van der Waals surface area contributed by atoms with Crippen molar-refractivity contribution < 1.29 is 9.66 Å². The fraction of sp³-hybridized carbons (Fsp3) is 0.571. The average molecular weight is 292 g/mol. The van der Waals surface area contributed by atoms with Gasteiger partial charge in [-0.15, -0.1) is 0 Å². The second kappa shape index (κ2) is 7.56. The topological polar surface area (TPSA) is 90.2 Å². The summed E-state index contributed by atoms with van der Waals surface area (Å²) in [5.41, 5.74) is 1.22. The molecule has 7 nitrogen and oxygen atoms in total. The number of rotatable bonds is 7. The third-order valence-corrected chi connectivity index (χ3v) is 3.38. The largest absolute Gasteiger partial charge is 0.473 e. The molecule has 1 N–H and O–H groups in total. The van der Waals surface area contributed by atoms with Gasteiger partial charge >= 0.3 is 5.69 Å². The van der Waals surface area contributed by atoms with Gasteiger partial charge in [0.2, 0.25) is 5.82 Å². The second-order valence-electron chi connectivity index (χ2n) is 4.85. The Morgan fingerprint density at radius 1 is 1.43 bits per heavy atom. The van der Waals surface area contributed by atoms with E-state index in [1.807, 2.05) is 0 Å². The first-order valence-electron chi connectivity index (χ1n) is 7.26. The predicted molar refractivity (Wildman–Crippen MR) is 79.5 cm³/mol. The molecule has 0 bridgehead atoms. The van der Waals surface area contributed by atoms with Crippen LogP contribution in [0.3, 0.4) is 0 Å². The van der Waals surface area contributed by atoms with Gasteiger partial charge in [-0.2, -0.15) is 4.98 Å². The van der Waals surface area contributed by atoms with Gasteiger partial charge in [-0.05, 0) is 39.0 Å². The van der Waals surface area contributed by atoms with Crippen molar-refractivity contribution in [3.8, 4) is 5.88 Å². The van der Waals surface area contributed by atoms with Crippen molar-refractivity contribution in [1.29, 1.82) is 0 Å². The Kier molecular flexibility index (Phi) is 5.48. The van der Waals surface area contributed by atoms with Crippen LogP contribution >= 0.6 is 0 Å². The van der Waals surface area contributed by atoms with E-state index in [1.54, 1.807) is 6.92 Å². The Hall–Kier alpha value is -2.18. The Balaban J connectivity index is 2.03. The molecule has 7 heteroatoms. The van der Waals surface area contributed by atoms with Crippen LogP contribution in [0, 0.1) is 10.1 Å². The Morgan fingerprint density at radius 3 is 2.95 bits per heavy atom. The summed E-state index contributed by atoms with van der Waals surface area (Å²) < 4.78 is 5.19.